The number of esters is 1. The van der Waals surface area contributed by atoms with Crippen molar-refractivity contribution >= 4 is 22.8 Å². The van der Waals surface area contributed by atoms with Crippen LogP contribution in [-0.2, 0) is 22.8 Å². The Hall–Kier alpha value is -0.216. The van der Waals surface area contributed by atoms with Gasteiger partial charge >= 0.3 is 14.8 Å². The molecular formula is C19H42O5Si2. The Bertz CT molecular complexity index is 365. The maximum absolute atomic E-state index is 12.1. The van der Waals surface area contributed by atoms with Crippen LogP contribution in [0.4, 0.5) is 0 Å². The summed E-state index contributed by atoms with van der Waals surface area (Å²) >= 11 is 0. The van der Waals surface area contributed by atoms with Crippen LogP contribution in [0.2, 0.25) is 28.7 Å². The predicted octanol–water partition coefficient (Wildman–Crippen LogP) is 5.26. The van der Waals surface area contributed by atoms with Crippen molar-refractivity contribution < 1.29 is 22.8 Å². The third kappa shape index (κ3) is 7.07. The van der Waals surface area contributed by atoms with Crippen LogP contribution in [0.25, 0.3) is 0 Å². The summed E-state index contributed by atoms with van der Waals surface area (Å²) in [6.45, 7) is 14.6. The lowest BCUT2D eigenvalue weighted by Gasteiger charge is -2.43. The molecule has 0 radical (unpaired) electrons. The molecule has 0 N–H and O–H groups in total. The number of hydrogen-bond acceptors (Lipinski definition) is 5. The average Bonchev–Trinajstić information content (AvgIpc) is 2.58. The molecule has 0 spiro atoms. The summed E-state index contributed by atoms with van der Waals surface area (Å²) in [6.07, 6.45) is 2.14. The Morgan fingerprint density at radius 3 is 1.62 bits per heavy atom. The summed E-state index contributed by atoms with van der Waals surface area (Å²) in [5.74, 6) is -0.0938. The molecule has 0 rings (SSSR count). The third-order valence-corrected chi connectivity index (χ3v) is 16.5. The first kappa shape index (κ1) is 25.8. The van der Waals surface area contributed by atoms with E-state index in [2.05, 4.69) is 41.5 Å². The molecule has 0 unspecified atom stereocenters. The molecule has 0 aromatic carbocycles. The molecule has 26 heavy (non-hydrogen) atoms. The Balaban J connectivity index is 4.34. The normalized spacial score (nSPS) is 13.1. The van der Waals surface area contributed by atoms with Crippen molar-refractivity contribution in [3.63, 3.8) is 0 Å². The van der Waals surface area contributed by atoms with Crippen molar-refractivity contribution in [2.75, 3.05) is 27.9 Å². The van der Waals surface area contributed by atoms with Gasteiger partial charge in [-0.25, -0.2) is 0 Å². The minimum Gasteiger partial charge on any atom is -0.466 e. The van der Waals surface area contributed by atoms with Gasteiger partial charge in [0.2, 0.25) is 0 Å². The highest BCUT2D eigenvalue weighted by atomic mass is 28.4. The van der Waals surface area contributed by atoms with Crippen molar-refractivity contribution in [2.45, 2.75) is 89.5 Å². The lowest BCUT2D eigenvalue weighted by Crippen LogP contribution is -2.44. The zero-order chi connectivity index (χ0) is 20.4. The van der Waals surface area contributed by atoms with E-state index in [9.17, 15) is 4.79 Å². The van der Waals surface area contributed by atoms with Gasteiger partial charge in [-0.05, 0) is 12.8 Å². The Morgan fingerprint density at radius 2 is 1.23 bits per heavy atom. The van der Waals surface area contributed by atoms with E-state index in [0.717, 1.165) is 23.0 Å². The minimum atomic E-state index is -2.56. The maximum atomic E-state index is 12.1. The van der Waals surface area contributed by atoms with Crippen LogP contribution in [0.3, 0.4) is 0 Å². The van der Waals surface area contributed by atoms with Gasteiger partial charge in [-0.2, -0.15) is 0 Å². The van der Waals surface area contributed by atoms with Gasteiger partial charge < -0.3 is 18.0 Å². The van der Waals surface area contributed by atoms with Crippen LogP contribution in [-0.4, -0.2) is 50.8 Å². The van der Waals surface area contributed by atoms with Gasteiger partial charge in [-0.15, -0.1) is 0 Å². The highest BCUT2D eigenvalue weighted by molar-refractivity contribution is 6.83. The quantitative estimate of drug-likeness (QED) is 0.224. The molecule has 5 nitrogen and oxygen atoms in total. The first-order valence-corrected chi connectivity index (χ1v) is 14.3. The molecule has 0 aliphatic carbocycles. The summed E-state index contributed by atoms with van der Waals surface area (Å²) in [5.41, 5.74) is 2.19. The molecule has 0 atom stereocenters. The van der Waals surface area contributed by atoms with Gasteiger partial charge in [-0.3, -0.25) is 4.79 Å². The van der Waals surface area contributed by atoms with Crippen LogP contribution >= 0.6 is 0 Å². The summed E-state index contributed by atoms with van der Waals surface area (Å²) < 4.78 is 21.5. The maximum Gasteiger partial charge on any atom is 0.500 e. The molecule has 7 heteroatoms. The first-order chi connectivity index (χ1) is 12.1. The number of hydrogen-bond donors (Lipinski definition) is 0. The van der Waals surface area contributed by atoms with Crippen molar-refractivity contribution in [1.29, 1.82) is 0 Å². The van der Waals surface area contributed by atoms with Crippen LogP contribution < -0.4 is 0 Å². The molecule has 0 aliphatic heterocycles. The van der Waals surface area contributed by atoms with Crippen LogP contribution in [0.1, 0.15) is 60.8 Å². The van der Waals surface area contributed by atoms with Crippen LogP contribution in [0.5, 0.6) is 0 Å². The minimum absolute atomic E-state index is 0.0938. The van der Waals surface area contributed by atoms with Gasteiger partial charge in [-0.1, -0.05) is 64.2 Å². The van der Waals surface area contributed by atoms with E-state index in [1.54, 1.807) is 21.3 Å². The Morgan fingerprint density at radius 1 is 0.769 bits per heavy atom. The molecular weight excluding hydrogens is 364 g/mol. The SMILES string of the molecule is CO[Si](CCCOC(=O)CCC[Si](C(C)C)(C(C)C)C(C)C)(OC)OC. The molecule has 0 bridgehead atoms. The van der Waals surface area contributed by atoms with E-state index in [1.165, 1.54) is 6.04 Å². The topological polar surface area (TPSA) is 54.0 Å². The number of rotatable bonds is 14. The van der Waals surface area contributed by atoms with Gasteiger partial charge in [0.25, 0.3) is 0 Å². The summed E-state index contributed by atoms with van der Waals surface area (Å²) in [6, 6.07) is 1.84. The highest BCUT2D eigenvalue weighted by Crippen LogP contribution is 2.45. The van der Waals surface area contributed by atoms with E-state index in [-0.39, 0.29) is 5.97 Å². The van der Waals surface area contributed by atoms with Crippen molar-refractivity contribution in [3.05, 3.63) is 0 Å². The molecule has 0 aliphatic rings. The molecule has 0 aromatic heterocycles. The fourth-order valence-electron chi connectivity index (χ4n) is 4.51. The van der Waals surface area contributed by atoms with E-state index in [4.69, 9.17) is 18.0 Å². The molecule has 0 saturated carbocycles. The molecule has 0 heterocycles. The second-order valence-corrected chi connectivity index (χ2v) is 17.3. The van der Waals surface area contributed by atoms with E-state index in [0.29, 0.717) is 25.5 Å². The van der Waals surface area contributed by atoms with E-state index in [1.807, 2.05) is 0 Å². The van der Waals surface area contributed by atoms with Crippen molar-refractivity contribution in [3.8, 4) is 0 Å². The molecule has 0 amide bonds. The average molecular weight is 407 g/mol. The molecule has 0 fully saturated rings. The van der Waals surface area contributed by atoms with Gasteiger partial charge in [0.05, 0.1) is 14.7 Å². The third-order valence-electron chi connectivity index (χ3n) is 6.04. The van der Waals surface area contributed by atoms with Crippen LogP contribution in [0, 0.1) is 0 Å². The second-order valence-electron chi connectivity index (χ2n) is 8.05. The van der Waals surface area contributed by atoms with Gasteiger partial charge in [0.1, 0.15) is 0 Å². The summed E-state index contributed by atoms with van der Waals surface area (Å²) in [4.78, 5) is 12.1. The van der Waals surface area contributed by atoms with Gasteiger partial charge in [0.15, 0.2) is 0 Å². The summed E-state index contributed by atoms with van der Waals surface area (Å²) in [5, 5.41) is 0. The smallest absolute Gasteiger partial charge is 0.466 e. The monoisotopic (exact) mass is 406 g/mol. The van der Waals surface area contributed by atoms with E-state index < -0.39 is 16.9 Å². The number of carbonyl (C=O) groups excluding carboxylic acids is 1. The first-order valence-electron chi connectivity index (χ1n) is 9.92. The fourth-order valence-corrected chi connectivity index (χ4v) is 12.7. The fraction of sp³-hybridized carbons (Fsp3) is 0.947. The van der Waals surface area contributed by atoms with Gasteiger partial charge in [0, 0.05) is 33.8 Å². The predicted molar refractivity (Wildman–Crippen MR) is 112 cm³/mol. The highest BCUT2D eigenvalue weighted by Gasteiger charge is 2.41. The molecule has 0 saturated heterocycles. The van der Waals surface area contributed by atoms with Crippen molar-refractivity contribution in [1.82, 2.24) is 0 Å². The van der Waals surface area contributed by atoms with E-state index >= 15 is 0 Å². The zero-order valence-corrected chi connectivity index (χ0v) is 20.5. The van der Waals surface area contributed by atoms with Crippen LogP contribution in [0.15, 0.2) is 0 Å². The Labute approximate surface area is 163 Å². The molecule has 0 aromatic rings. The standard InChI is InChI=1S/C19H42O5Si2/c1-16(2)25(17(3)4,18(5)6)14-10-12-19(20)24-13-11-15-26(21-7,22-8)23-9/h16-18H,10-15H2,1-9H3. The lowest BCUT2D eigenvalue weighted by molar-refractivity contribution is -0.143. The Kier molecular flexibility index (Phi) is 12.2. The number of carbonyl (C=O) groups is 1. The summed E-state index contributed by atoms with van der Waals surface area (Å²) in [7, 11) is 0.803. The second kappa shape index (κ2) is 12.3. The van der Waals surface area contributed by atoms with Crippen molar-refractivity contribution in [2.24, 2.45) is 0 Å². The molecule has 156 valence electrons. The zero-order valence-electron chi connectivity index (χ0n) is 18.5. The number of ether oxygens (including phenoxy) is 1. The lowest BCUT2D eigenvalue weighted by atomic mass is 10.3. The largest absolute Gasteiger partial charge is 0.500 e.